The molecule has 1 rings (SSSR count). The molecular formula is C6H9N3O. The van der Waals surface area contributed by atoms with E-state index in [9.17, 15) is 0 Å². The van der Waals surface area contributed by atoms with Crippen LogP contribution in [-0.4, -0.2) is 11.8 Å². The van der Waals surface area contributed by atoms with E-state index in [0.717, 1.165) is 0 Å². The molecule has 1 aromatic rings. The molecule has 1 aromatic heterocycles. The molecule has 0 unspecified atom stereocenters. The predicted molar refractivity (Wildman–Crippen MR) is 40.2 cm³/mol. The maximum absolute atomic E-state index is 8.00. The van der Waals surface area contributed by atoms with Crippen LogP contribution in [0.4, 0.5) is 11.5 Å². The van der Waals surface area contributed by atoms with Crippen molar-refractivity contribution in [1.82, 2.24) is 4.98 Å². The van der Waals surface area contributed by atoms with E-state index in [4.69, 9.17) is 16.3 Å². The van der Waals surface area contributed by atoms with Crippen LogP contribution >= 0.6 is 0 Å². The lowest BCUT2D eigenvalue weighted by Gasteiger charge is -1.89. The zero-order valence-corrected chi connectivity index (χ0v) is 5.45. The number of rotatable bonds is 0. The van der Waals surface area contributed by atoms with E-state index < -0.39 is 0 Å². The molecule has 0 fully saturated rings. The average molecular weight is 139 g/mol. The monoisotopic (exact) mass is 139 g/mol. The fourth-order valence-electron chi connectivity index (χ4n) is 0.417. The van der Waals surface area contributed by atoms with Gasteiger partial charge in [0.05, 0.1) is 11.9 Å². The zero-order chi connectivity index (χ0) is 7.98. The predicted octanol–water partition coefficient (Wildman–Crippen LogP) is 0.0611. The van der Waals surface area contributed by atoms with Gasteiger partial charge in [0.15, 0.2) is 0 Å². The van der Waals surface area contributed by atoms with E-state index >= 15 is 0 Å². The molecule has 0 amide bonds. The highest BCUT2D eigenvalue weighted by Crippen LogP contribution is 1.99. The number of nitrogens with zero attached hydrogens (tertiary/aromatic N) is 1. The Morgan fingerprint density at radius 1 is 1.30 bits per heavy atom. The second kappa shape index (κ2) is 4.31. The van der Waals surface area contributed by atoms with Gasteiger partial charge in [-0.25, -0.2) is 4.98 Å². The third kappa shape index (κ3) is 2.66. The third-order valence-corrected chi connectivity index (χ3v) is 0.809. The van der Waals surface area contributed by atoms with Crippen molar-refractivity contribution in [2.45, 2.75) is 0 Å². The minimum Gasteiger partial charge on any atom is -0.397 e. The van der Waals surface area contributed by atoms with Gasteiger partial charge in [-0.3, -0.25) is 0 Å². The number of carbonyl (C=O) groups excluding carboxylic acids is 1. The molecule has 54 valence electrons. The van der Waals surface area contributed by atoms with Gasteiger partial charge in [0, 0.05) is 0 Å². The van der Waals surface area contributed by atoms with Crippen LogP contribution < -0.4 is 11.5 Å². The molecule has 0 saturated carbocycles. The summed E-state index contributed by atoms with van der Waals surface area (Å²) in [7, 11) is 0. The van der Waals surface area contributed by atoms with E-state index in [1.807, 2.05) is 6.79 Å². The van der Waals surface area contributed by atoms with Crippen molar-refractivity contribution < 1.29 is 4.79 Å². The molecule has 4 N–H and O–H groups in total. The number of hydrogen-bond donors (Lipinski definition) is 2. The highest BCUT2D eigenvalue weighted by molar-refractivity contribution is 5.40. The second-order valence-electron chi connectivity index (χ2n) is 1.52. The van der Waals surface area contributed by atoms with Crippen molar-refractivity contribution in [3.05, 3.63) is 18.3 Å². The van der Waals surface area contributed by atoms with Crippen LogP contribution in [0.25, 0.3) is 0 Å². The van der Waals surface area contributed by atoms with Crippen molar-refractivity contribution in [3.63, 3.8) is 0 Å². The fourth-order valence-corrected chi connectivity index (χ4v) is 0.417. The maximum atomic E-state index is 8.00. The Balaban J connectivity index is 0.000000371. The van der Waals surface area contributed by atoms with Crippen LogP contribution in [0.3, 0.4) is 0 Å². The normalized spacial score (nSPS) is 7.60. The van der Waals surface area contributed by atoms with Crippen LogP contribution in [0.5, 0.6) is 0 Å². The van der Waals surface area contributed by atoms with Gasteiger partial charge in [-0.2, -0.15) is 0 Å². The molecule has 0 aliphatic carbocycles. The summed E-state index contributed by atoms with van der Waals surface area (Å²) in [6.07, 6.45) is 1.52. The number of nitrogen functional groups attached to an aromatic ring is 2. The first-order valence-electron chi connectivity index (χ1n) is 2.55. The molecule has 4 heteroatoms. The first-order chi connectivity index (χ1) is 4.79. The summed E-state index contributed by atoms with van der Waals surface area (Å²) in [5.41, 5.74) is 11.2. The molecule has 0 bridgehead atoms. The number of carbonyl (C=O) groups is 1. The Morgan fingerprint density at radius 2 is 1.90 bits per heavy atom. The van der Waals surface area contributed by atoms with Crippen molar-refractivity contribution in [2.75, 3.05) is 11.5 Å². The summed E-state index contributed by atoms with van der Waals surface area (Å²) in [6.45, 7) is 2.00. The number of pyridine rings is 1. The van der Waals surface area contributed by atoms with Gasteiger partial charge in [0.25, 0.3) is 0 Å². The van der Waals surface area contributed by atoms with E-state index in [-0.39, 0.29) is 0 Å². The first kappa shape index (κ1) is 8.42. The lowest BCUT2D eigenvalue weighted by Crippen LogP contribution is -1.90. The summed E-state index contributed by atoms with van der Waals surface area (Å²) in [4.78, 5) is 11.7. The summed E-state index contributed by atoms with van der Waals surface area (Å²) in [5, 5.41) is 0. The van der Waals surface area contributed by atoms with Gasteiger partial charge in [-0.15, -0.1) is 0 Å². The van der Waals surface area contributed by atoms with Crippen molar-refractivity contribution in [2.24, 2.45) is 0 Å². The number of nitrogens with two attached hydrogens (primary N) is 2. The number of aromatic nitrogens is 1. The van der Waals surface area contributed by atoms with E-state index in [2.05, 4.69) is 4.98 Å². The molecular weight excluding hydrogens is 130 g/mol. The molecule has 0 aromatic carbocycles. The lowest BCUT2D eigenvalue weighted by molar-refractivity contribution is -0.0979. The standard InChI is InChI=1S/C5H7N3.CH2O/c6-4-1-2-5(7)8-3-4;1-2/h1-3H,6H2,(H2,7,8);1H2. The topological polar surface area (TPSA) is 82.0 Å². The van der Waals surface area contributed by atoms with Gasteiger partial charge in [0.2, 0.25) is 0 Å². The molecule has 4 nitrogen and oxygen atoms in total. The van der Waals surface area contributed by atoms with Crippen LogP contribution in [0.2, 0.25) is 0 Å². The molecule has 0 spiro atoms. The zero-order valence-electron chi connectivity index (χ0n) is 5.45. The van der Waals surface area contributed by atoms with Gasteiger partial charge >= 0.3 is 0 Å². The Morgan fingerprint density at radius 3 is 2.20 bits per heavy atom. The maximum Gasteiger partial charge on any atom is 0.123 e. The third-order valence-electron chi connectivity index (χ3n) is 0.809. The van der Waals surface area contributed by atoms with Gasteiger partial charge < -0.3 is 16.3 Å². The van der Waals surface area contributed by atoms with E-state index in [1.165, 1.54) is 6.20 Å². The smallest absolute Gasteiger partial charge is 0.123 e. The Bertz CT molecular complexity index is 164. The summed E-state index contributed by atoms with van der Waals surface area (Å²) in [6, 6.07) is 3.37. The van der Waals surface area contributed by atoms with Gasteiger partial charge in [-0.05, 0) is 12.1 Å². The SMILES string of the molecule is C=O.Nc1ccc(N)nc1. The van der Waals surface area contributed by atoms with E-state index in [1.54, 1.807) is 12.1 Å². The number of anilines is 2. The second-order valence-corrected chi connectivity index (χ2v) is 1.52. The highest BCUT2D eigenvalue weighted by atomic mass is 16.1. The van der Waals surface area contributed by atoms with Crippen LogP contribution in [0.15, 0.2) is 18.3 Å². The highest BCUT2D eigenvalue weighted by Gasteiger charge is 1.82. The lowest BCUT2D eigenvalue weighted by atomic mass is 10.4. The molecule has 0 radical (unpaired) electrons. The van der Waals surface area contributed by atoms with Crippen molar-refractivity contribution >= 4 is 18.3 Å². The van der Waals surface area contributed by atoms with E-state index in [0.29, 0.717) is 11.5 Å². The molecule has 0 aliphatic heterocycles. The average Bonchev–Trinajstić information content (AvgIpc) is 2.00. The van der Waals surface area contributed by atoms with Gasteiger partial charge in [0.1, 0.15) is 12.6 Å². The fraction of sp³-hybridized carbons (Fsp3) is 0. The molecule has 0 aliphatic rings. The minimum atomic E-state index is 0.499. The summed E-state index contributed by atoms with van der Waals surface area (Å²) < 4.78 is 0. The van der Waals surface area contributed by atoms with Crippen LogP contribution in [-0.2, 0) is 4.79 Å². The molecule has 1 heterocycles. The quantitative estimate of drug-likeness (QED) is 0.532. The van der Waals surface area contributed by atoms with Crippen molar-refractivity contribution in [3.8, 4) is 0 Å². The Hall–Kier alpha value is -1.58. The largest absolute Gasteiger partial charge is 0.397 e. The molecule has 10 heavy (non-hydrogen) atoms. The molecule has 0 saturated heterocycles. The Kier molecular flexibility index (Phi) is 3.63. The summed E-state index contributed by atoms with van der Waals surface area (Å²) >= 11 is 0. The van der Waals surface area contributed by atoms with Crippen LogP contribution in [0.1, 0.15) is 0 Å². The van der Waals surface area contributed by atoms with Crippen molar-refractivity contribution in [1.29, 1.82) is 0 Å². The first-order valence-corrected chi connectivity index (χ1v) is 2.55. The summed E-state index contributed by atoms with van der Waals surface area (Å²) in [5.74, 6) is 0.499. The number of hydrogen-bond acceptors (Lipinski definition) is 4. The Labute approximate surface area is 58.9 Å². The van der Waals surface area contributed by atoms with Gasteiger partial charge in [-0.1, -0.05) is 0 Å². The minimum absolute atomic E-state index is 0.499. The van der Waals surface area contributed by atoms with Crippen LogP contribution in [0, 0.1) is 0 Å². The molecule has 0 atom stereocenters.